The van der Waals surface area contributed by atoms with E-state index < -0.39 is 5.82 Å². The number of halogens is 1. The first-order chi connectivity index (χ1) is 8.95. The smallest absolute Gasteiger partial charge is 0.267 e. The topological polar surface area (TPSA) is 60.9 Å². The summed E-state index contributed by atoms with van der Waals surface area (Å²) in [4.78, 5) is 11.8. The molecule has 0 saturated heterocycles. The molecule has 0 atom stereocenters. The Balaban J connectivity index is 2.40. The van der Waals surface area contributed by atoms with Gasteiger partial charge in [-0.1, -0.05) is 12.2 Å². The molecule has 1 aromatic carbocycles. The van der Waals surface area contributed by atoms with Crippen molar-refractivity contribution in [1.29, 1.82) is 0 Å². The van der Waals surface area contributed by atoms with Crippen LogP contribution in [-0.4, -0.2) is 14.8 Å². The average Bonchev–Trinajstić information content (AvgIpc) is 2.33. The summed E-state index contributed by atoms with van der Waals surface area (Å²) in [6.45, 7) is 1.95. The fourth-order valence-electron chi connectivity index (χ4n) is 1.72. The summed E-state index contributed by atoms with van der Waals surface area (Å²) >= 11 is 4.82. The zero-order chi connectivity index (χ0) is 14.0. The summed E-state index contributed by atoms with van der Waals surface area (Å²) in [6.07, 6.45) is 0. The molecule has 0 fully saturated rings. The van der Waals surface area contributed by atoms with Gasteiger partial charge in [0.25, 0.3) is 5.56 Å². The lowest BCUT2D eigenvalue weighted by Gasteiger charge is -2.07. The maximum Gasteiger partial charge on any atom is 0.267 e. The normalized spacial score (nSPS) is 10.4. The monoisotopic (exact) mass is 277 g/mol. The van der Waals surface area contributed by atoms with Crippen molar-refractivity contribution in [2.24, 2.45) is 5.73 Å². The molecule has 0 bridgehead atoms. The Labute approximate surface area is 114 Å². The van der Waals surface area contributed by atoms with E-state index in [1.54, 1.807) is 19.1 Å². The largest absolute Gasteiger partial charge is 0.389 e. The van der Waals surface area contributed by atoms with Gasteiger partial charge in [0.1, 0.15) is 10.8 Å². The van der Waals surface area contributed by atoms with E-state index in [1.807, 2.05) is 0 Å². The van der Waals surface area contributed by atoms with Gasteiger partial charge in [-0.2, -0.15) is 5.10 Å². The van der Waals surface area contributed by atoms with E-state index in [1.165, 1.54) is 22.9 Å². The van der Waals surface area contributed by atoms with Gasteiger partial charge in [0, 0.05) is 11.6 Å². The van der Waals surface area contributed by atoms with Crippen LogP contribution in [0.3, 0.4) is 0 Å². The molecule has 98 valence electrons. The Hall–Kier alpha value is -2.08. The number of nitrogens with zero attached hydrogens (tertiary/aromatic N) is 2. The molecule has 0 aliphatic carbocycles. The summed E-state index contributed by atoms with van der Waals surface area (Å²) in [6, 6.07) is 7.30. The molecule has 0 amide bonds. The third kappa shape index (κ3) is 3.23. The Morgan fingerprint density at radius 1 is 1.42 bits per heavy atom. The first kappa shape index (κ1) is 13.4. The van der Waals surface area contributed by atoms with E-state index in [0.717, 1.165) is 0 Å². The third-order valence-electron chi connectivity index (χ3n) is 2.57. The molecule has 0 aliphatic heterocycles. The van der Waals surface area contributed by atoms with Crippen LogP contribution in [0, 0.1) is 12.7 Å². The van der Waals surface area contributed by atoms with Crippen molar-refractivity contribution in [1.82, 2.24) is 9.78 Å². The minimum Gasteiger partial charge on any atom is -0.389 e. The van der Waals surface area contributed by atoms with E-state index >= 15 is 0 Å². The molecule has 1 aromatic heterocycles. The molecule has 2 rings (SSSR count). The quantitative estimate of drug-likeness (QED) is 0.861. The van der Waals surface area contributed by atoms with Gasteiger partial charge in [0.15, 0.2) is 0 Å². The van der Waals surface area contributed by atoms with Gasteiger partial charge in [-0.25, -0.2) is 9.07 Å². The van der Waals surface area contributed by atoms with Gasteiger partial charge in [-0.05, 0) is 36.8 Å². The van der Waals surface area contributed by atoms with Gasteiger partial charge in [0.05, 0.1) is 12.2 Å². The van der Waals surface area contributed by atoms with Crippen molar-refractivity contribution in [3.8, 4) is 0 Å². The first-order valence-corrected chi connectivity index (χ1v) is 6.00. The van der Waals surface area contributed by atoms with Gasteiger partial charge in [-0.15, -0.1) is 0 Å². The van der Waals surface area contributed by atoms with Crippen molar-refractivity contribution in [3.63, 3.8) is 0 Å². The molecule has 0 unspecified atom stereocenters. The van der Waals surface area contributed by atoms with Gasteiger partial charge >= 0.3 is 0 Å². The summed E-state index contributed by atoms with van der Waals surface area (Å²) in [5.41, 5.74) is 6.97. The SMILES string of the molecule is Cc1ccc(=O)n(Cc2cc(F)cc(C(N)=S)c2)n1. The van der Waals surface area contributed by atoms with E-state index in [9.17, 15) is 9.18 Å². The van der Waals surface area contributed by atoms with Gasteiger partial charge in [0.2, 0.25) is 0 Å². The number of benzene rings is 1. The molecule has 19 heavy (non-hydrogen) atoms. The van der Waals surface area contributed by atoms with Crippen LogP contribution in [0.25, 0.3) is 0 Å². The summed E-state index contributed by atoms with van der Waals surface area (Å²) in [5, 5.41) is 4.09. The van der Waals surface area contributed by atoms with Crippen LogP contribution < -0.4 is 11.3 Å². The summed E-state index contributed by atoms with van der Waals surface area (Å²) in [5.74, 6) is -0.444. The highest BCUT2D eigenvalue weighted by molar-refractivity contribution is 7.80. The fourth-order valence-corrected chi connectivity index (χ4v) is 1.84. The highest BCUT2D eigenvalue weighted by Gasteiger charge is 2.05. The first-order valence-electron chi connectivity index (χ1n) is 5.60. The lowest BCUT2D eigenvalue weighted by atomic mass is 10.1. The van der Waals surface area contributed by atoms with E-state index in [-0.39, 0.29) is 17.1 Å². The minimum atomic E-state index is -0.444. The van der Waals surface area contributed by atoms with Crippen molar-refractivity contribution in [2.75, 3.05) is 0 Å². The Bertz CT molecular complexity index is 697. The highest BCUT2D eigenvalue weighted by Crippen LogP contribution is 2.10. The predicted octanol–water partition coefficient (Wildman–Crippen LogP) is 1.37. The second-order valence-corrected chi connectivity index (χ2v) is 4.62. The van der Waals surface area contributed by atoms with Crippen molar-refractivity contribution in [2.45, 2.75) is 13.5 Å². The number of thiocarbonyl (C=S) groups is 1. The molecule has 0 aliphatic rings. The molecule has 1 heterocycles. The molecule has 6 heteroatoms. The van der Waals surface area contributed by atoms with Gasteiger partial charge < -0.3 is 5.73 Å². The minimum absolute atomic E-state index is 0.116. The van der Waals surface area contributed by atoms with Crippen LogP contribution in [0.4, 0.5) is 4.39 Å². The molecular weight excluding hydrogens is 265 g/mol. The fraction of sp³-hybridized carbons (Fsp3) is 0.154. The van der Waals surface area contributed by atoms with Crippen LogP contribution in [0.5, 0.6) is 0 Å². The van der Waals surface area contributed by atoms with Crippen molar-refractivity contribution >= 4 is 17.2 Å². The number of hydrogen-bond donors (Lipinski definition) is 1. The molecule has 2 N–H and O–H groups in total. The van der Waals surface area contributed by atoms with Crippen LogP contribution in [-0.2, 0) is 6.54 Å². The van der Waals surface area contributed by atoms with Crippen LogP contribution in [0.1, 0.15) is 16.8 Å². The van der Waals surface area contributed by atoms with Crippen LogP contribution in [0.15, 0.2) is 35.1 Å². The summed E-state index contributed by atoms with van der Waals surface area (Å²) in [7, 11) is 0. The number of aryl methyl sites for hydroxylation is 1. The maximum absolute atomic E-state index is 13.4. The molecule has 4 nitrogen and oxygen atoms in total. The van der Waals surface area contributed by atoms with Crippen molar-refractivity contribution in [3.05, 3.63) is 63.3 Å². The van der Waals surface area contributed by atoms with Crippen LogP contribution in [0.2, 0.25) is 0 Å². The van der Waals surface area contributed by atoms with E-state index in [4.69, 9.17) is 18.0 Å². The third-order valence-corrected chi connectivity index (χ3v) is 2.81. The molecule has 0 radical (unpaired) electrons. The Kier molecular flexibility index (Phi) is 3.71. The van der Waals surface area contributed by atoms with E-state index in [0.29, 0.717) is 16.8 Å². The Morgan fingerprint density at radius 2 is 2.16 bits per heavy atom. The zero-order valence-electron chi connectivity index (χ0n) is 10.3. The lowest BCUT2D eigenvalue weighted by Crippen LogP contribution is -2.23. The van der Waals surface area contributed by atoms with Crippen molar-refractivity contribution < 1.29 is 4.39 Å². The number of rotatable bonds is 3. The molecule has 2 aromatic rings. The van der Waals surface area contributed by atoms with Gasteiger partial charge in [-0.3, -0.25) is 4.79 Å². The van der Waals surface area contributed by atoms with E-state index in [2.05, 4.69) is 5.10 Å². The van der Waals surface area contributed by atoms with Crippen LogP contribution >= 0.6 is 12.2 Å². The average molecular weight is 277 g/mol. The second-order valence-electron chi connectivity index (χ2n) is 4.18. The number of nitrogens with two attached hydrogens (primary N) is 1. The number of hydrogen-bond acceptors (Lipinski definition) is 3. The second kappa shape index (κ2) is 5.27. The Morgan fingerprint density at radius 3 is 2.84 bits per heavy atom. The standard InChI is InChI=1S/C13H12FN3OS/c1-8-2-3-12(18)17(16-8)7-9-4-10(13(15)19)6-11(14)5-9/h2-6H,7H2,1H3,(H2,15,19). The lowest BCUT2D eigenvalue weighted by molar-refractivity contribution is 0.606. The number of aromatic nitrogens is 2. The molecular formula is C13H12FN3OS. The summed E-state index contributed by atoms with van der Waals surface area (Å²) < 4.78 is 14.7. The maximum atomic E-state index is 13.4. The zero-order valence-corrected chi connectivity index (χ0v) is 11.1. The molecule has 0 saturated carbocycles. The molecule has 0 spiro atoms. The predicted molar refractivity (Wildman–Crippen MR) is 74.6 cm³/mol. The highest BCUT2D eigenvalue weighted by atomic mass is 32.1.